The van der Waals surface area contributed by atoms with Crippen molar-refractivity contribution in [3.8, 4) is 5.75 Å². The zero-order valence-electron chi connectivity index (χ0n) is 16.7. The molecule has 152 valence electrons. The number of ether oxygens (including phenoxy) is 3. The molecule has 0 radical (unpaired) electrons. The number of aromatic nitrogens is 5. The summed E-state index contributed by atoms with van der Waals surface area (Å²) in [5, 5.41) is 12.9. The van der Waals surface area contributed by atoms with Crippen molar-refractivity contribution in [2.75, 3.05) is 37.9 Å². The molecule has 1 unspecified atom stereocenters. The standard InChI is InChI=1S/C20H24N6O3/c1-13-14(2)20(24-26-12-22-23-19(13)26)25-4-3-18-15(9-25)7-16(8-21-18)29-11-17-10-27-5-6-28-17/h7-8,12,17H,3-6,9-11H2,1-2H3. The minimum absolute atomic E-state index is 0.0263. The van der Waals surface area contributed by atoms with Crippen molar-refractivity contribution in [3.05, 3.63) is 41.0 Å². The Morgan fingerprint density at radius 2 is 2.17 bits per heavy atom. The summed E-state index contributed by atoms with van der Waals surface area (Å²) in [7, 11) is 0. The van der Waals surface area contributed by atoms with Gasteiger partial charge in [-0.3, -0.25) is 4.98 Å². The summed E-state index contributed by atoms with van der Waals surface area (Å²) in [4.78, 5) is 6.91. The van der Waals surface area contributed by atoms with E-state index >= 15 is 0 Å². The van der Waals surface area contributed by atoms with Gasteiger partial charge in [-0.15, -0.1) is 15.3 Å². The van der Waals surface area contributed by atoms with Gasteiger partial charge in [-0.1, -0.05) is 0 Å². The van der Waals surface area contributed by atoms with Gasteiger partial charge >= 0.3 is 0 Å². The van der Waals surface area contributed by atoms with Crippen LogP contribution >= 0.6 is 0 Å². The number of hydrogen-bond donors (Lipinski definition) is 0. The first-order valence-electron chi connectivity index (χ1n) is 9.91. The van der Waals surface area contributed by atoms with Crippen molar-refractivity contribution in [1.82, 2.24) is 24.8 Å². The maximum absolute atomic E-state index is 5.92. The average Bonchev–Trinajstić information content (AvgIpc) is 3.24. The van der Waals surface area contributed by atoms with Gasteiger partial charge in [-0.2, -0.15) is 4.52 Å². The summed E-state index contributed by atoms with van der Waals surface area (Å²) in [6.45, 7) is 8.07. The van der Waals surface area contributed by atoms with E-state index in [1.165, 1.54) is 0 Å². The van der Waals surface area contributed by atoms with Crippen LogP contribution in [-0.4, -0.2) is 63.9 Å². The lowest BCUT2D eigenvalue weighted by Gasteiger charge is -2.30. The second-order valence-electron chi connectivity index (χ2n) is 7.50. The van der Waals surface area contributed by atoms with Crippen LogP contribution in [0.1, 0.15) is 22.4 Å². The van der Waals surface area contributed by atoms with Crippen LogP contribution in [0.5, 0.6) is 5.75 Å². The van der Waals surface area contributed by atoms with Gasteiger partial charge in [0, 0.05) is 36.3 Å². The number of anilines is 1. The van der Waals surface area contributed by atoms with E-state index in [0.29, 0.717) is 26.4 Å². The number of hydrogen-bond acceptors (Lipinski definition) is 8. The molecule has 0 saturated carbocycles. The lowest BCUT2D eigenvalue weighted by molar-refractivity contribution is -0.101. The Bertz CT molecular complexity index is 1030. The Morgan fingerprint density at radius 3 is 3.03 bits per heavy atom. The van der Waals surface area contributed by atoms with Gasteiger partial charge in [0.25, 0.3) is 0 Å². The van der Waals surface area contributed by atoms with Crippen LogP contribution in [0.15, 0.2) is 18.6 Å². The third kappa shape index (κ3) is 3.51. The second-order valence-corrected chi connectivity index (χ2v) is 7.50. The molecule has 0 aliphatic carbocycles. The predicted octanol–water partition coefficient (Wildman–Crippen LogP) is 1.49. The molecular formula is C20H24N6O3. The summed E-state index contributed by atoms with van der Waals surface area (Å²) in [5.74, 6) is 1.72. The Hall–Kier alpha value is -2.78. The molecule has 5 heterocycles. The van der Waals surface area contributed by atoms with Crippen LogP contribution in [0.25, 0.3) is 5.65 Å². The van der Waals surface area contributed by atoms with E-state index in [1.54, 1.807) is 17.0 Å². The number of pyridine rings is 1. The highest BCUT2D eigenvalue weighted by Gasteiger charge is 2.23. The maximum atomic E-state index is 5.92. The quantitative estimate of drug-likeness (QED) is 0.656. The minimum Gasteiger partial charge on any atom is -0.489 e. The molecule has 0 spiro atoms. The number of nitrogens with zero attached hydrogens (tertiary/aromatic N) is 6. The molecule has 2 aliphatic rings. The third-order valence-corrected chi connectivity index (χ3v) is 5.60. The molecule has 0 amide bonds. The monoisotopic (exact) mass is 396 g/mol. The molecule has 3 aromatic heterocycles. The van der Waals surface area contributed by atoms with Crippen LogP contribution in [0.2, 0.25) is 0 Å². The number of aryl methyl sites for hydroxylation is 1. The van der Waals surface area contributed by atoms with Crippen molar-refractivity contribution in [2.24, 2.45) is 0 Å². The van der Waals surface area contributed by atoms with Gasteiger partial charge in [-0.25, -0.2) is 0 Å². The molecule has 1 fully saturated rings. The third-order valence-electron chi connectivity index (χ3n) is 5.60. The molecule has 2 aliphatic heterocycles. The SMILES string of the molecule is Cc1c(N2CCc3ncc(OCC4COCCO4)cc3C2)nn2cnnc2c1C. The van der Waals surface area contributed by atoms with E-state index < -0.39 is 0 Å². The Labute approximate surface area is 168 Å². The normalized spacial score (nSPS) is 19.4. The van der Waals surface area contributed by atoms with Gasteiger partial charge in [0.05, 0.1) is 26.0 Å². The molecule has 9 heteroatoms. The molecule has 0 N–H and O–H groups in total. The van der Waals surface area contributed by atoms with Crippen molar-refractivity contribution in [3.63, 3.8) is 0 Å². The first-order chi connectivity index (χ1) is 14.2. The fourth-order valence-corrected chi connectivity index (χ4v) is 3.85. The first kappa shape index (κ1) is 18.3. The summed E-state index contributed by atoms with van der Waals surface area (Å²) in [5.41, 5.74) is 5.31. The van der Waals surface area contributed by atoms with E-state index in [9.17, 15) is 0 Å². The lowest BCUT2D eigenvalue weighted by atomic mass is 10.0. The molecule has 29 heavy (non-hydrogen) atoms. The highest BCUT2D eigenvalue weighted by atomic mass is 16.6. The number of rotatable bonds is 4. The molecule has 0 aromatic carbocycles. The topological polar surface area (TPSA) is 86.9 Å². The Morgan fingerprint density at radius 1 is 1.24 bits per heavy atom. The van der Waals surface area contributed by atoms with E-state index in [4.69, 9.17) is 19.3 Å². The lowest BCUT2D eigenvalue weighted by Crippen LogP contribution is -2.34. The van der Waals surface area contributed by atoms with Crippen LogP contribution in [0.3, 0.4) is 0 Å². The molecular weight excluding hydrogens is 372 g/mol. The molecule has 5 rings (SSSR count). The Balaban J connectivity index is 1.35. The van der Waals surface area contributed by atoms with Gasteiger partial charge in [0.1, 0.15) is 24.8 Å². The molecule has 0 bridgehead atoms. The van der Waals surface area contributed by atoms with Crippen molar-refractivity contribution < 1.29 is 14.2 Å². The molecule has 9 nitrogen and oxygen atoms in total. The zero-order valence-corrected chi connectivity index (χ0v) is 16.7. The molecule has 3 aromatic rings. The van der Waals surface area contributed by atoms with E-state index in [0.717, 1.165) is 59.1 Å². The van der Waals surface area contributed by atoms with Crippen LogP contribution in [0, 0.1) is 13.8 Å². The first-order valence-corrected chi connectivity index (χ1v) is 9.91. The zero-order chi connectivity index (χ0) is 19.8. The van der Waals surface area contributed by atoms with Crippen LogP contribution in [-0.2, 0) is 22.4 Å². The van der Waals surface area contributed by atoms with Gasteiger partial charge < -0.3 is 19.1 Å². The molecule has 1 saturated heterocycles. The van der Waals surface area contributed by atoms with Crippen molar-refractivity contribution in [2.45, 2.75) is 32.9 Å². The minimum atomic E-state index is -0.0263. The van der Waals surface area contributed by atoms with Crippen molar-refractivity contribution >= 4 is 11.5 Å². The average molecular weight is 396 g/mol. The van der Waals surface area contributed by atoms with Gasteiger partial charge in [0.15, 0.2) is 11.5 Å². The van der Waals surface area contributed by atoms with Gasteiger partial charge in [-0.05, 0) is 25.5 Å². The highest BCUT2D eigenvalue weighted by molar-refractivity contribution is 5.59. The predicted molar refractivity (Wildman–Crippen MR) is 105 cm³/mol. The Kier molecular flexibility index (Phi) is 4.76. The van der Waals surface area contributed by atoms with Gasteiger partial charge in [0.2, 0.25) is 0 Å². The summed E-state index contributed by atoms with van der Waals surface area (Å²) in [6, 6.07) is 2.08. The summed E-state index contributed by atoms with van der Waals surface area (Å²) in [6.07, 6.45) is 4.29. The van der Waals surface area contributed by atoms with Crippen LogP contribution < -0.4 is 9.64 Å². The van der Waals surface area contributed by atoms with Crippen LogP contribution in [0.4, 0.5) is 5.82 Å². The fourth-order valence-electron chi connectivity index (χ4n) is 3.85. The fraction of sp³-hybridized carbons (Fsp3) is 0.500. The smallest absolute Gasteiger partial charge is 0.180 e. The summed E-state index contributed by atoms with van der Waals surface area (Å²) >= 11 is 0. The van der Waals surface area contributed by atoms with E-state index in [1.807, 2.05) is 0 Å². The van der Waals surface area contributed by atoms with Crippen molar-refractivity contribution in [1.29, 1.82) is 0 Å². The highest BCUT2D eigenvalue weighted by Crippen LogP contribution is 2.28. The van der Waals surface area contributed by atoms with E-state index in [2.05, 4.69) is 40.0 Å². The maximum Gasteiger partial charge on any atom is 0.180 e. The molecule has 1 atom stereocenters. The number of fused-ring (bicyclic) bond motifs is 2. The van der Waals surface area contributed by atoms with E-state index in [-0.39, 0.29) is 6.10 Å². The second kappa shape index (κ2) is 7.57. The summed E-state index contributed by atoms with van der Waals surface area (Å²) < 4.78 is 18.7. The largest absolute Gasteiger partial charge is 0.489 e.